The minimum Gasteiger partial charge on any atom is -0.308 e. The Morgan fingerprint density at radius 1 is 1.20 bits per heavy atom. The first-order valence-corrected chi connectivity index (χ1v) is 8.14. The first kappa shape index (κ1) is 15.8. The number of benzene rings is 1. The van der Waals surface area contributed by atoms with Crippen molar-refractivity contribution in [2.75, 3.05) is 20.6 Å². The van der Waals surface area contributed by atoms with Crippen LogP contribution in [0, 0.1) is 0 Å². The fraction of sp³-hybridized carbons (Fsp3) is 0.647. The third kappa shape index (κ3) is 3.19. The topological polar surface area (TPSA) is 15.3 Å². The van der Waals surface area contributed by atoms with E-state index in [2.05, 4.69) is 43.4 Å². The van der Waals surface area contributed by atoms with Gasteiger partial charge in [0.25, 0.3) is 0 Å². The average Bonchev–Trinajstić information content (AvgIpc) is 2.92. The highest BCUT2D eigenvalue weighted by Crippen LogP contribution is 2.43. The van der Waals surface area contributed by atoms with Crippen molar-refractivity contribution in [3.05, 3.63) is 34.9 Å². The zero-order valence-corrected chi connectivity index (χ0v) is 13.7. The molecule has 112 valence electrons. The molecule has 1 unspecified atom stereocenters. The summed E-state index contributed by atoms with van der Waals surface area (Å²) in [6.45, 7) is 3.28. The van der Waals surface area contributed by atoms with E-state index in [9.17, 15) is 0 Å². The number of halogens is 1. The number of nitrogens with one attached hydrogen (secondary N) is 1. The third-order valence-electron chi connectivity index (χ3n) is 4.70. The van der Waals surface area contributed by atoms with Gasteiger partial charge < -0.3 is 10.2 Å². The highest BCUT2D eigenvalue weighted by molar-refractivity contribution is 6.30. The lowest BCUT2D eigenvalue weighted by atomic mass is 9.82. The molecule has 3 heteroatoms. The van der Waals surface area contributed by atoms with Gasteiger partial charge in [-0.3, -0.25) is 0 Å². The normalized spacial score (nSPS) is 19.4. The SMILES string of the molecule is CCCNC(c1ccc(Cl)cc1)C1(N(C)C)CCCC1. The summed E-state index contributed by atoms with van der Waals surface area (Å²) < 4.78 is 0. The predicted molar refractivity (Wildman–Crippen MR) is 87.4 cm³/mol. The Morgan fingerprint density at radius 2 is 1.80 bits per heavy atom. The summed E-state index contributed by atoms with van der Waals surface area (Å²) in [7, 11) is 4.45. The third-order valence-corrected chi connectivity index (χ3v) is 4.95. The fourth-order valence-electron chi connectivity index (χ4n) is 3.54. The monoisotopic (exact) mass is 294 g/mol. The second-order valence-electron chi connectivity index (χ2n) is 6.14. The molecule has 1 saturated carbocycles. The maximum Gasteiger partial charge on any atom is 0.0507 e. The zero-order chi connectivity index (χ0) is 14.6. The molecule has 20 heavy (non-hydrogen) atoms. The van der Waals surface area contributed by atoms with Gasteiger partial charge in [-0.05, 0) is 57.6 Å². The van der Waals surface area contributed by atoms with Crippen molar-refractivity contribution in [1.82, 2.24) is 10.2 Å². The van der Waals surface area contributed by atoms with Crippen LogP contribution >= 0.6 is 11.6 Å². The van der Waals surface area contributed by atoms with Crippen LogP contribution in [0.3, 0.4) is 0 Å². The van der Waals surface area contributed by atoms with Gasteiger partial charge >= 0.3 is 0 Å². The molecule has 1 aliphatic rings. The lowest BCUT2D eigenvalue weighted by molar-refractivity contribution is 0.104. The van der Waals surface area contributed by atoms with E-state index < -0.39 is 0 Å². The molecule has 0 aromatic heterocycles. The number of rotatable bonds is 6. The quantitative estimate of drug-likeness (QED) is 0.843. The van der Waals surface area contributed by atoms with Crippen LogP contribution in [0.4, 0.5) is 0 Å². The molecule has 0 spiro atoms. The molecule has 0 heterocycles. The molecular weight excluding hydrogens is 268 g/mol. The lowest BCUT2D eigenvalue weighted by Crippen LogP contribution is -2.52. The molecule has 1 aromatic carbocycles. The minimum absolute atomic E-state index is 0.239. The molecule has 1 aliphatic carbocycles. The Labute approximate surface area is 128 Å². The summed E-state index contributed by atoms with van der Waals surface area (Å²) in [5.41, 5.74) is 1.60. The van der Waals surface area contributed by atoms with Gasteiger partial charge in [0.2, 0.25) is 0 Å². The Kier molecular flexibility index (Phi) is 5.48. The fourth-order valence-corrected chi connectivity index (χ4v) is 3.67. The molecule has 1 fully saturated rings. The molecule has 1 atom stereocenters. The van der Waals surface area contributed by atoms with Crippen LogP contribution in [0.25, 0.3) is 0 Å². The van der Waals surface area contributed by atoms with Gasteiger partial charge in [-0.25, -0.2) is 0 Å². The number of hydrogen-bond donors (Lipinski definition) is 1. The molecule has 0 aliphatic heterocycles. The van der Waals surface area contributed by atoms with Crippen LogP contribution in [0.2, 0.25) is 5.02 Å². The van der Waals surface area contributed by atoms with Gasteiger partial charge in [0.05, 0.1) is 6.04 Å². The molecule has 1 N–H and O–H groups in total. The van der Waals surface area contributed by atoms with Gasteiger partial charge in [0.1, 0.15) is 0 Å². The second kappa shape index (κ2) is 6.93. The van der Waals surface area contributed by atoms with Crippen molar-refractivity contribution in [2.45, 2.75) is 50.6 Å². The van der Waals surface area contributed by atoms with E-state index in [0.717, 1.165) is 18.0 Å². The van der Waals surface area contributed by atoms with Crippen molar-refractivity contribution in [1.29, 1.82) is 0 Å². The Morgan fingerprint density at radius 3 is 2.30 bits per heavy atom. The number of likely N-dealkylation sites (N-methyl/N-ethyl adjacent to an activating group) is 1. The van der Waals surface area contributed by atoms with E-state index >= 15 is 0 Å². The Hall–Kier alpha value is -0.570. The molecule has 0 amide bonds. The van der Waals surface area contributed by atoms with E-state index in [1.807, 2.05) is 12.1 Å². The van der Waals surface area contributed by atoms with Crippen LogP contribution in [0.15, 0.2) is 24.3 Å². The Bertz CT molecular complexity index is 408. The van der Waals surface area contributed by atoms with Crippen molar-refractivity contribution in [3.63, 3.8) is 0 Å². The van der Waals surface area contributed by atoms with Crippen LogP contribution in [-0.4, -0.2) is 31.1 Å². The number of hydrogen-bond acceptors (Lipinski definition) is 2. The summed E-state index contributed by atoms with van der Waals surface area (Å²) in [6.07, 6.45) is 6.35. The Balaban J connectivity index is 2.32. The summed E-state index contributed by atoms with van der Waals surface area (Å²) in [6, 6.07) is 8.77. The van der Waals surface area contributed by atoms with E-state index in [-0.39, 0.29) is 5.54 Å². The van der Waals surface area contributed by atoms with Crippen LogP contribution < -0.4 is 5.32 Å². The van der Waals surface area contributed by atoms with Crippen molar-refractivity contribution < 1.29 is 0 Å². The van der Waals surface area contributed by atoms with Gasteiger partial charge in [-0.2, -0.15) is 0 Å². The first-order valence-electron chi connectivity index (χ1n) is 7.76. The molecule has 0 bridgehead atoms. The lowest BCUT2D eigenvalue weighted by Gasteiger charge is -2.44. The maximum atomic E-state index is 6.05. The van der Waals surface area contributed by atoms with Crippen LogP contribution in [0.1, 0.15) is 50.6 Å². The van der Waals surface area contributed by atoms with Gasteiger partial charge in [-0.15, -0.1) is 0 Å². The summed E-state index contributed by atoms with van der Waals surface area (Å²) in [4.78, 5) is 2.43. The standard InChI is InChI=1S/C17H27ClN2/c1-4-13-19-16(14-7-9-15(18)10-8-14)17(20(2)3)11-5-6-12-17/h7-10,16,19H,4-6,11-13H2,1-3H3. The molecule has 0 saturated heterocycles. The first-order chi connectivity index (χ1) is 9.60. The van der Waals surface area contributed by atoms with Gasteiger partial charge in [0, 0.05) is 10.6 Å². The highest BCUT2D eigenvalue weighted by Gasteiger charge is 2.43. The smallest absolute Gasteiger partial charge is 0.0507 e. The van der Waals surface area contributed by atoms with Gasteiger partial charge in [0.15, 0.2) is 0 Å². The predicted octanol–water partition coefficient (Wildman–Crippen LogP) is 4.26. The second-order valence-corrected chi connectivity index (χ2v) is 6.58. The molecule has 2 rings (SSSR count). The summed E-state index contributed by atoms with van der Waals surface area (Å²) >= 11 is 6.05. The van der Waals surface area contributed by atoms with E-state index in [1.165, 1.54) is 31.2 Å². The van der Waals surface area contributed by atoms with Crippen LogP contribution in [-0.2, 0) is 0 Å². The van der Waals surface area contributed by atoms with Crippen molar-refractivity contribution in [3.8, 4) is 0 Å². The molecule has 0 radical (unpaired) electrons. The summed E-state index contributed by atoms with van der Waals surface area (Å²) in [5.74, 6) is 0. The number of nitrogens with zero attached hydrogens (tertiary/aromatic N) is 1. The van der Waals surface area contributed by atoms with Crippen LogP contribution in [0.5, 0.6) is 0 Å². The largest absolute Gasteiger partial charge is 0.308 e. The molecular formula is C17H27ClN2. The van der Waals surface area contributed by atoms with E-state index in [0.29, 0.717) is 6.04 Å². The van der Waals surface area contributed by atoms with E-state index in [4.69, 9.17) is 11.6 Å². The van der Waals surface area contributed by atoms with Crippen molar-refractivity contribution in [2.24, 2.45) is 0 Å². The van der Waals surface area contributed by atoms with Crippen molar-refractivity contribution >= 4 is 11.6 Å². The minimum atomic E-state index is 0.239. The van der Waals surface area contributed by atoms with E-state index in [1.54, 1.807) is 0 Å². The highest BCUT2D eigenvalue weighted by atomic mass is 35.5. The molecule has 2 nitrogen and oxygen atoms in total. The summed E-state index contributed by atoms with van der Waals surface area (Å²) in [5, 5.41) is 4.60. The average molecular weight is 295 g/mol. The van der Waals surface area contributed by atoms with Gasteiger partial charge in [-0.1, -0.05) is 43.5 Å². The maximum absolute atomic E-state index is 6.05. The zero-order valence-electron chi connectivity index (χ0n) is 13.0. The molecule has 1 aromatic rings.